The summed E-state index contributed by atoms with van der Waals surface area (Å²) in [5.74, 6) is 0.420. The molecule has 2 aliphatic rings. The van der Waals surface area contributed by atoms with Gasteiger partial charge in [0.1, 0.15) is 0 Å². The van der Waals surface area contributed by atoms with Crippen molar-refractivity contribution in [3.05, 3.63) is 29.3 Å². The molecule has 2 atom stereocenters. The normalized spacial score (nSPS) is 23.9. The summed E-state index contributed by atoms with van der Waals surface area (Å²) in [5.41, 5.74) is 2.72. The highest BCUT2D eigenvalue weighted by Crippen LogP contribution is 2.35. The third kappa shape index (κ3) is 3.71. The Labute approximate surface area is 149 Å². The number of carbonyl (C=O) groups is 2. The summed E-state index contributed by atoms with van der Waals surface area (Å²) in [6, 6.07) is 6.15. The van der Waals surface area contributed by atoms with Crippen LogP contribution in [-0.2, 0) is 16.0 Å². The van der Waals surface area contributed by atoms with Crippen LogP contribution in [0.1, 0.15) is 56.0 Å². The smallest absolute Gasteiger partial charge is 0.251 e. The Morgan fingerprint density at radius 1 is 1.28 bits per heavy atom. The molecule has 136 valence electrons. The molecule has 0 radical (unpaired) electrons. The van der Waals surface area contributed by atoms with E-state index in [1.54, 1.807) is 6.92 Å². The van der Waals surface area contributed by atoms with Crippen molar-refractivity contribution in [3.63, 3.8) is 0 Å². The van der Waals surface area contributed by atoms with E-state index >= 15 is 0 Å². The van der Waals surface area contributed by atoms with Crippen molar-refractivity contribution in [2.45, 2.75) is 58.5 Å². The lowest BCUT2D eigenvalue weighted by Gasteiger charge is -2.40. The first kappa shape index (κ1) is 17.9. The monoisotopic (exact) mass is 344 g/mol. The van der Waals surface area contributed by atoms with Gasteiger partial charge in [0.05, 0.1) is 0 Å². The van der Waals surface area contributed by atoms with E-state index in [-0.39, 0.29) is 23.9 Å². The van der Waals surface area contributed by atoms with Gasteiger partial charge in [-0.3, -0.25) is 9.59 Å². The van der Waals surface area contributed by atoms with Crippen LogP contribution in [0, 0.1) is 5.92 Å². The van der Waals surface area contributed by atoms with E-state index in [0.29, 0.717) is 24.7 Å². The maximum atomic E-state index is 12.6. The molecular weight excluding hydrogens is 316 g/mol. The van der Waals surface area contributed by atoms with Crippen LogP contribution in [0.4, 0.5) is 5.69 Å². The summed E-state index contributed by atoms with van der Waals surface area (Å²) in [4.78, 5) is 26.7. The molecule has 5 nitrogen and oxygen atoms in total. The molecule has 5 heteroatoms. The number of anilines is 1. The van der Waals surface area contributed by atoms with E-state index in [4.69, 9.17) is 4.74 Å². The number of ether oxygens (including phenoxy) is 1. The molecule has 1 aromatic carbocycles. The van der Waals surface area contributed by atoms with Gasteiger partial charge in [0.15, 0.2) is 0 Å². The number of nitrogens with zero attached hydrogens (tertiary/aromatic N) is 1. The summed E-state index contributed by atoms with van der Waals surface area (Å²) in [6.07, 6.45) is 3.57. The molecule has 0 saturated carbocycles. The lowest BCUT2D eigenvalue weighted by atomic mass is 9.84. The highest BCUT2D eigenvalue weighted by atomic mass is 16.5. The standard InChI is InChI=1S/C20H28N2O3/c1-4-18-13(2)11-16-12-15(5-6-19(16)22(18)14(3)23)20(24)21-17-7-9-25-10-8-17/h5-6,12-13,17-18H,4,7-11H2,1-3H3,(H,21,24)/t13?,18-/m0/s1. The number of carbonyl (C=O) groups excluding carboxylic acids is 2. The first-order valence-corrected chi connectivity index (χ1v) is 9.32. The quantitative estimate of drug-likeness (QED) is 0.917. The largest absolute Gasteiger partial charge is 0.381 e. The zero-order valence-electron chi connectivity index (χ0n) is 15.4. The maximum absolute atomic E-state index is 12.6. The number of nitrogens with one attached hydrogen (secondary N) is 1. The summed E-state index contributed by atoms with van der Waals surface area (Å²) in [5, 5.41) is 3.11. The van der Waals surface area contributed by atoms with Gasteiger partial charge < -0.3 is 15.0 Å². The second kappa shape index (κ2) is 7.56. The van der Waals surface area contributed by atoms with Crippen molar-refractivity contribution in [3.8, 4) is 0 Å². The van der Waals surface area contributed by atoms with Gasteiger partial charge in [-0.05, 0) is 55.4 Å². The molecule has 0 aliphatic carbocycles. The zero-order chi connectivity index (χ0) is 18.0. The van der Waals surface area contributed by atoms with Crippen LogP contribution in [0.15, 0.2) is 18.2 Å². The van der Waals surface area contributed by atoms with Gasteiger partial charge in [0.25, 0.3) is 5.91 Å². The van der Waals surface area contributed by atoms with Crippen molar-refractivity contribution >= 4 is 17.5 Å². The van der Waals surface area contributed by atoms with Crippen molar-refractivity contribution < 1.29 is 14.3 Å². The highest BCUT2D eigenvalue weighted by molar-refractivity contribution is 5.97. The maximum Gasteiger partial charge on any atom is 0.251 e. The predicted molar refractivity (Wildman–Crippen MR) is 97.9 cm³/mol. The number of rotatable bonds is 3. The lowest BCUT2D eigenvalue weighted by Crippen LogP contribution is -2.47. The molecule has 2 aliphatic heterocycles. The first-order chi connectivity index (χ1) is 12.0. The van der Waals surface area contributed by atoms with Crippen LogP contribution in [-0.4, -0.2) is 37.1 Å². The average Bonchev–Trinajstić information content (AvgIpc) is 2.60. The summed E-state index contributed by atoms with van der Waals surface area (Å²) in [6.45, 7) is 7.34. The van der Waals surface area contributed by atoms with Crippen LogP contribution >= 0.6 is 0 Å². The molecule has 1 N–H and O–H groups in total. The van der Waals surface area contributed by atoms with Gasteiger partial charge in [-0.15, -0.1) is 0 Å². The Morgan fingerprint density at radius 3 is 2.64 bits per heavy atom. The third-order valence-corrected chi connectivity index (χ3v) is 5.45. The molecule has 2 heterocycles. The Kier molecular flexibility index (Phi) is 5.42. The number of hydrogen-bond donors (Lipinski definition) is 1. The molecule has 1 aromatic rings. The minimum Gasteiger partial charge on any atom is -0.381 e. The predicted octanol–water partition coefficient (Wildman–Crippen LogP) is 2.92. The van der Waals surface area contributed by atoms with Crippen molar-refractivity contribution in [1.29, 1.82) is 0 Å². The average molecular weight is 344 g/mol. The second-order valence-corrected chi connectivity index (χ2v) is 7.25. The number of hydrogen-bond acceptors (Lipinski definition) is 3. The molecule has 3 rings (SSSR count). The Hall–Kier alpha value is -1.88. The van der Waals surface area contributed by atoms with Gasteiger partial charge in [0.2, 0.25) is 5.91 Å². The second-order valence-electron chi connectivity index (χ2n) is 7.25. The Morgan fingerprint density at radius 2 is 2.00 bits per heavy atom. The van der Waals surface area contributed by atoms with Crippen LogP contribution < -0.4 is 10.2 Å². The van der Waals surface area contributed by atoms with Gasteiger partial charge in [-0.2, -0.15) is 0 Å². The van der Waals surface area contributed by atoms with Crippen LogP contribution in [0.2, 0.25) is 0 Å². The molecule has 1 fully saturated rings. The lowest BCUT2D eigenvalue weighted by molar-refractivity contribution is -0.117. The van der Waals surface area contributed by atoms with Gasteiger partial charge in [-0.1, -0.05) is 13.8 Å². The van der Waals surface area contributed by atoms with E-state index in [9.17, 15) is 9.59 Å². The fraction of sp³-hybridized carbons (Fsp3) is 0.600. The Bertz CT molecular complexity index is 652. The zero-order valence-corrected chi connectivity index (χ0v) is 15.4. The number of amides is 2. The molecular formula is C20H28N2O3. The summed E-state index contributed by atoms with van der Waals surface area (Å²) < 4.78 is 5.34. The summed E-state index contributed by atoms with van der Waals surface area (Å²) in [7, 11) is 0. The molecule has 0 aromatic heterocycles. The fourth-order valence-electron chi connectivity index (χ4n) is 4.14. The minimum atomic E-state index is -0.0330. The molecule has 0 spiro atoms. The van der Waals surface area contributed by atoms with E-state index in [2.05, 4.69) is 19.2 Å². The topological polar surface area (TPSA) is 58.6 Å². The molecule has 0 bridgehead atoms. The fourth-order valence-corrected chi connectivity index (χ4v) is 4.14. The third-order valence-electron chi connectivity index (χ3n) is 5.45. The van der Waals surface area contributed by atoms with E-state index in [0.717, 1.165) is 36.9 Å². The number of fused-ring (bicyclic) bond motifs is 1. The number of benzene rings is 1. The molecule has 2 amide bonds. The first-order valence-electron chi connectivity index (χ1n) is 9.32. The SMILES string of the molecule is CC[C@H]1C(C)Cc2cc(C(=O)NC3CCOCC3)ccc2N1C(C)=O. The molecule has 1 unspecified atom stereocenters. The van der Waals surface area contributed by atoms with E-state index in [1.807, 2.05) is 23.1 Å². The van der Waals surface area contributed by atoms with Crippen LogP contribution in [0.5, 0.6) is 0 Å². The molecule has 1 saturated heterocycles. The van der Waals surface area contributed by atoms with Crippen molar-refractivity contribution in [2.75, 3.05) is 18.1 Å². The van der Waals surface area contributed by atoms with E-state index < -0.39 is 0 Å². The van der Waals surface area contributed by atoms with Gasteiger partial charge in [-0.25, -0.2) is 0 Å². The van der Waals surface area contributed by atoms with Crippen LogP contribution in [0.25, 0.3) is 0 Å². The van der Waals surface area contributed by atoms with Crippen LogP contribution in [0.3, 0.4) is 0 Å². The minimum absolute atomic E-state index is 0.0330. The summed E-state index contributed by atoms with van der Waals surface area (Å²) >= 11 is 0. The van der Waals surface area contributed by atoms with Crippen molar-refractivity contribution in [1.82, 2.24) is 5.32 Å². The van der Waals surface area contributed by atoms with E-state index in [1.165, 1.54) is 0 Å². The van der Waals surface area contributed by atoms with Gasteiger partial charge >= 0.3 is 0 Å². The molecule has 25 heavy (non-hydrogen) atoms. The highest BCUT2D eigenvalue weighted by Gasteiger charge is 2.33. The Balaban J connectivity index is 1.82. The van der Waals surface area contributed by atoms with Gasteiger partial charge in [0, 0.05) is 43.5 Å². The van der Waals surface area contributed by atoms with Crippen molar-refractivity contribution in [2.24, 2.45) is 5.92 Å².